The number of hydrogen-bond acceptors (Lipinski definition) is 2. The molecule has 2 heterocycles. The average molecular weight is 224 g/mol. The van der Waals surface area contributed by atoms with Crippen molar-refractivity contribution in [1.29, 1.82) is 0 Å². The van der Waals surface area contributed by atoms with Crippen molar-refractivity contribution in [3.8, 4) is 0 Å². The van der Waals surface area contributed by atoms with Crippen molar-refractivity contribution in [2.45, 2.75) is 12.3 Å². The lowest BCUT2D eigenvalue weighted by atomic mass is 10.1. The van der Waals surface area contributed by atoms with E-state index in [1.54, 1.807) is 0 Å². The number of hydrogen-bond donors (Lipinski definition) is 0. The smallest absolute Gasteiger partial charge is 0.368 e. The first-order valence-corrected chi connectivity index (χ1v) is 4.20. The highest BCUT2D eigenvalue weighted by Gasteiger charge is 2.35. The molecular weight excluding hydrogens is 219 g/mol. The van der Waals surface area contributed by atoms with Crippen molar-refractivity contribution < 1.29 is 17.9 Å². The van der Waals surface area contributed by atoms with Crippen molar-refractivity contribution >= 4 is 11.6 Å². The Balaban J connectivity index is 2.40. The zero-order valence-corrected chi connectivity index (χ0v) is 7.56. The maximum Gasteiger partial charge on any atom is 0.417 e. The van der Waals surface area contributed by atoms with Crippen LogP contribution in [0.5, 0.6) is 0 Å². The molecule has 6 heteroatoms. The normalized spacial score (nSPS) is 21.0. The van der Waals surface area contributed by atoms with Gasteiger partial charge < -0.3 is 4.74 Å². The van der Waals surface area contributed by atoms with Gasteiger partial charge in [-0.2, -0.15) is 13.2 Å². The molecule has 0 saturated carbocycles. The quantitative estimate of drug-likeness (QED) is 0.540. The highest BCUT2D eigenvalue weighted by molar-refractivity contribution is 6.30. The SMILES string of the molecule is FC(F)(F)c1cnc(Cl)c(C2CO2)c1. The van der Waals surface area contributed by atoms with E-state index in [0.29, 0.717) is 18.4 Å². The van der Waals surface area contributed by atoms with Crippen LogP contribution in [-0.2, 0) is 10.9 Å². The van der Waals surface area contributed by atoms with Crippen molar-refractivity contribution in [3.05, 3.63) is 28.5 Å². The van der Waals surface area contributed by atoms with Crippen molar-refractivity contribution in [3.63, 3.8) is 0 Å². The lowest BCUT2D eigenvalue weighted by Crippen LogP contribution is -2.06. The number of alkyl halides is 3. The molecule has 0 amide bonds. The number of halogens is 4. The molecule has 1 fully saturated rings. The van der Waals surface area contributed by atoms with E-state index in [0.717, 1.165) is 6.07 Å². The van der Waals surface area contributed by atoms with E-state index in [1.807, 2.05) is 0 Å². The van der Waals surface area contributed by atoms with Gasteiger partial charge in [0.15, 0.2) is 0 Å². The Morgan fingerprint density at radius 3 is 2.64 bits per heavy atom. The molecule has 1 saturated heterocycles. The van der Waals surface area contributed by atoms with Crippen LogP contribution in [0.2, 0.25) is 5.15 Å². The van der Waals surface area contributed by atoms with E-state index in [-0.39, 0.29) is 11.3 Å². The zero-order valence-electron chi connectivity index (χ0n) is 6.81. The van der Waals surface area contributed by atoms with Gasteiger partial charge in [-0.3, -0.25) is 0 Å². The van der Waals surface area contributed by atoms with Gasteiger partial charge in [0.25, 0.3) is 0 Å². The molecular formula is C8H5ClF3NO. The molecule has 14 heavy (non-hydrogen) atoms. The lowest BCUT2D eigenvalue weighted by Gasteiger charge is -2.07. The molecule has 0 N–H and O–H groups in total. The predicted molar refractivity (Wildman–Crippen MR) is 42.9 cm³/mol. The minimum absolute atomic E-state index is 0.0699. The van der Waals surface area contributed by atoms with Gasteiger partial charge in [-0.25, -0.2) is 4.98 Å². The second-order valence-electron chi connectivity index (χ2n) is 2.92. The topological polar surface area (TPSA) is 25.4 Å². The van der Waals surface area contributed by atoms with Gasteiger partial charge in [0.05, 0.1) is 12.2 Å². The molecule has 2 rings (SSSR count). The number of nitrogens with zero attached hydrogens (tertiary/aromatic N) is 1. The van der Waals surface area contributed by atoms with E-state index in [9.17, 15) is 13.2 Å². The van der Waals surface area contributed by atoms with Gasteiger partial charge >= 0.3 is 6.18 Å². The predicted octanol–water partition coefficient (Wildman–Crippen LogP) is 2.83. The van der Waals surface area contributed by atoms with Crippen molar-refractivity contribution in [1.82, 2.24) is 4.98 Å². The first-order chi connectivity index (χ1) is 6.48. The summed E-state index contributed by atoms with van der Waals surface area (Å²) in [6.07, 6.45) is -3.99. The van der Waals surface area contributed by atoms with Crippen LogP contribution in [0.15, 0.2) is 12.3 Å². The number of rotatable bonds is 1. The molecule has 0 radical (unpaired) electrons. The molecule has 1 aliphatic heterocycles. The molecule has 1 unspecified atom stereocenters. The fourth-order valence-electron chi connectivity index (χ4n) is 1.07. The first kappa shape index (κ1) is 9.73. The van der Waals surface area contributed by atoms with Crippen LogP contribution in [0.3, 0.4) is 0 Å². The summed E-state index contributed by atoms with van der Waals surface area (Å²) in [6, 6.07) is 0.979. The third-order valence-corrected chi connectivity index (χ3v) is 2.19. The number of ether oxygens (including phenoxy) is 1. The molecule has 1 aromatic rings. The van der Waals surface area contributed by atoms with Gasteiger partial charge in [0.1, 0.15) is 11.3 Å². The van der Waals surface area contributed by atoms with E-state index in [1.165, 1.54) is 0 Å². The summed E-state index contributed by atoms with van der Waals surface area (Å²) in [5.41, 5.74) is -0.492. The Kier molecular flexibility index (Phi) is 2.16. The van der Waals surface area contributed by atoms with E-state index in [2.05, 4.69) is 4.98 Å². The van der Waals surface area contributed by atoms with Crippen LogP contribution in [-0.4, -0.2) is 11.6 Å². The molecule has 1 aliphatic rings. The summed E-state index contributed by atoms with van der Waals surface area (Å²) in [5, 5.41) is 0.0699. The van der Waals surface area contributed by atoms with Gasteiger partial charge in [-0.1, -0.05) is 11.6 Å². The molecule has 1 aromatic heterocycles. The van der Waals surface area contributed by atoms with E-state index >= 15 is 0 Å². The molecule has 76 valence electrons. The Morgan fingerprint density at radius 1 is 1.50 bits per heavy atom. The van der Waals surface area contributed by atoms with E-state index < -0.39 is 11.7 Å². The largest absolute Gasteiger partial charge is 0.417 e. The van der Waals surface area contributed by atoms with Gasteiger partial charge in [-0.05, 0) is 6.07 Å². The minimum Gasteiger partial charge on any atom is -0.368 e. The van der Waals surface area contributed by atoms with Crippen LogP contribution in [0.1, 0.15) is 17.2 Å². The number of epoxide rings is 1. The molecule has 1 atom stereocenters. The third kappa shape index (κ3) is 1.83. The van der Waals surface area contributed by atoms with Gasteiger partial charge in [0.2, 0.25) is 0 Å². The maximum absolute atomic E-state index is 12.3. The van der Waals surface area contributed by atoms with Crippen molar-refractivity contribution in [2.24, 2.45) is 0 Å². The Bertz CT molecular complexity index is 362. The minimum atomic E-state index is -4.39. The zero-order chi connectivity index (χ0) is 10.3. The fourth-order valence-corrected chi connectivity index (χ4v) is 1.30. The van der Waals surface area contributed by atoms with E-state index in [4.69, 9.17) is 16.3 Å². The summed E-state index contributed by atoms with van der Waals surface area (Å²) in [6.45, 7) is 0.405. The number of pyridine rings is 1. The molecule has 0 aliphatic carbocycles. The lowest BCUT2D eigenvalue weighted by molar-refractivity contribution is -0.137. The summed E-state index contributed by atoms with van der Waals surface area (Å²) >= 11 is 5.62. The Labute approximate surface area is 82.7 Å². The van der Waals surface area contributed by atoms with Crippen LogP contribution < -0.4 is 0 Å². The van der Waals surface area contributed by atoms with Crippen LogP contribution in [0, 0.1) is 0 Å². The Hall–Kier alpha value is -0.810. The van der Waals surface area contributed by atoms with Crippen LogP contribution in [0.4, 0.5) is 13.2 Å². The van der Waals surface area contributed by atoms with Crippen LogP contribution >= 0.6 is 11.6 Å². The summed E-state index contributed by atoms with van der Waals surface area (Å²) < 4.78 is 41.6. The molecule has 0 aromatic carbocycles. The average Bonchev–Trinajstić information content (AvgIpc) is 2.85. The molecule has 0 bridgehead atoms. The molecule has 0 spiro atoms. The van der Waals surface area contributed by atoms with Crippen molar-refractivity contribution in [2.75, 3.05) is 6.61 Å². The second-order valence-corrected chi connectivity index (χ2v) is 3.28. The molecule has 2 nitrogen and oxygen atoms in total. The summed E-state index contributed by atoms with van der Waals surface area (Å²) in [5.74, 6) is 0. The summed E-state index contributed by atoms with van der Waals surface area (Å²) in [7, 11) is 0. The van der Waals surface area contributed by atoms with Crippen LogP contribution in [0.25, 0.3) is 0 Å². The third-order valence-electron chi connectivity index (χ3n) is 1.87. The Morgan fingerprint density at radius 2 is 2.14 bits per heavy atom. The standard InChI is InChI=1S/C8H5ClF3NO/c9-7-5(6-3-14-6)1-4(2-13-7)8(10,11)12/h1-2,6H,3H2. The number of aromatic nitrogens is 1. The maximum atomic E-state index is 12.3. The van der Waals surface area contributed by atoms with Gasteiger partial charge in [-0.15, -0.1) is 0 Å². The highest BCUT2D eigenvalue weighted by Crippen LogP contribution is 2.37. The van der Waals surface area contributed by atoms with Gasteiger partial charge in [0, 0.05) is 11.8 Å². The first-order valence-electron chi connectivity index (χ1n) is 3.83. The monoisotopic (exact) mass is 223 g/mol. The summed E-state index contributed by atoms with van der Waals surface area (Å²) in [4.78, 5) is 3.47. The fraction of sp³-hybridized carbons (Fsp3) is 0.375. The second kappa shape index (κ2) is 3.10. The highest BCUT2D eigenvalue weighted by atomic mass is 35.5.